The highest BCUT2D eigenvalue weighted by atomic mass is 32.2. The highest BCUT2D eigenvalue weighted by Gasteiger charge is 2.35. The number of hydrogen-bond acceptors (Lipinski definition) is 5. The first-order valence-electron chi connectivity index (χ1n) is 11.4. The first-order valence-corrected chi connectivity index (χ1v) is 12.2. The van der Waals surface area contributed by atoms with Gasteiger partial charge in [0, 0.05) is 0 Å². The van der Waals surface area contributed by atoms with E-state index in [-0.39, 0.29) is 11.5 Å². The molecule has 0 saturated heterocycles. The molecule has 1 fully saturated rings. The molecule has 7 heteroatoms. The van der Waals surface area contributed by atoms with Crippen LogP contribution in [0.1, 0.15) is 50.2 Å². The minimum absolute atomic E-state index is 0.128. The fourth-order valence-corrected chi connectivity index (χ4v) is 5.13. The van der Waals surface area contributed by atoms with Crippen molar-refractivity contribution in [3.05, 3.63) is 70.0 Å². The van der Waals surface area contributed by atoms with Crippen LogP contribution in [0.15, 0.2) is 58.5 Å². The number of carbonyl (C=O) groups is 1. The van der Waals surface area contributed by atoms with E-state index in [1.165, 1.54) is 11.8 Å². The summed E-state index contributed by atoms with van der Waals surface area (Å²) in [5.74, 6) is -0.201. The van der Waals surface area contributed by atoms with Gasteiger partial charge in [0.2, 0.25) is 5.91 Å². The predicted octanol–water partition coefficient (Wildman–Crippen LogP) is 4.58. The van der Waals surface area contributed by atoms with Crippen molar-refractivity contribution in [2.75, 3.05) is 0 Å². The lowest BCUT2D eigenvalue weighted by molar-refractivity contribution is -0.121. The first-order chi connectivity index (χ1) is 15.9. The number of amides is 1. The average Bonchev–Trinajstić information content (AvgIpc) is 2.83. The molecule has 1 amide bonds. The van der Waals surface area contributed by atoms with E-state index < -0.39 is 10.8 Å². The molecular formula is C26H28N4O2S. The second-order valence-corrected chi connectivity index (χ2v) is 10.1. The number of hydrogen-bond donors (Lipinski definition) is 1. The van der Waals surface area contributed by atoms with Gasteiger partial charge in [-0.25, -0.2) is 4.98 Å². The monoisotopic (exact) mass is 460 g/mol. The van der Waals surface area contributed by atoms with E-state index in [1.807, 2.05) is 49.4 Å². The molecule has 1 saturated carbocycles. The molecule has 4 rings (SSSR count). The number of fused-ring (bicyclic) bond motifs is 1. The second-order valence-electron chi connectivity index (χ2n) is 8.79. The van der Waals surface area contributed by atoms with Gasteiger partial charge in [0.15, 0.2) is 5.16 Å². The number of nitrogens with one attached hydrogen (secondary N) is 1. The van der Waals surface area contributed by atoms with Crippen molar-refractivity contribution in [1.29, 1.82) is 5.26 Å². The fraction of sp³-hybridized carbons (Fsp3) is 0.385. The molecule has 0 aliphatic heterocycles. The first kappa shape index (κ1) is 23.1. The lowest BCUT2D eigenvalue weighted by Gasteiger charge is -2.32. The number of thioether (sulfide) groups is 1. The summed E-state index contributed by atoms with van der Waals surface area (Å²) in [7, 11) is 0. The Morgan fingerprint density at radius 2 is 1.88 bits per heavy atom. The van der Waals surface area contributed by atoms with E-state index >= 15 is 0 Å². The Morgan fingerprint density at radius 1 is 1.18 bits per heavy atom. The van der Waals surface area contributed by atoms with Crippen LogP contribution in [0.25, 0.3) is 10.9 Å². The minimum Gasteiger partial charge on any atom is -0.337 e. The van der Waals surface area contributed by atoms with Crippen molar-refractivity contribution >= 4 is 28.6 Å². The van der Waals surface area contributed by atoms with E-state index in [4.69, 9.17) is 4.98 Å². The van der Waals surface area contributed by atoms with E-state index in [1.54, 1.807) is 17.6 Å². The van der Waals surface area contributed by atoms with Crippen molar-refractivity contribution in [1.82, 2.24) is 14.9 Å². The van der Waals surface area contributed by atoms with Crippen LogP contribution in [0.4, 0.5) is 0 Å². The summed E-state index contributed by atoms with van der Waals surface area (Å²) in [6.07, 6.45) is 4.34. The zero-order chi connectivity index (χ0) is 23.4. The fourth-order valence-electron chi connectivity index (χ4n) is 4.22. The summed E-state index contributed by atoms with van der Waals surface area (Å²) >= 11 is 1.26. The quantitative estimate of drug-likeness (QED) is 0.430. The zero-order valence-electron chi connectivity index (χ0n) is 19.0. The molecule has 0 radical (unpaired) electrons. The molecule has 2 aromatic carbocycles. The summed E-state index contributed by atoms with van der Waals surface area (Å²) < 4.78 is 1.64. The SMILES string of the molecule is Cc1ccc(Cn2c(SC(C)C(=O)NC3(C#N)CCCCC3)nc3ccccc3c2=O)cc1. The standard InChI is InChI=1S/C26H28N4O2S/c1-18-10-12-20(13-11-18)16-30-24(32)21-8-4-5-9-22(21)28-25(30)33-19(2)23(31)29-26(17-27)14-6-3-7-15-26/h4-5,8-13,19H,3,6-7,14-16H2,1-2H3,(H,29,31). The average molecular weight is 461 g/mol. The van der Waals surface area contributed by atoms with Crippen LogP contribution in [0.3, 0.4) is 0 Å². The van der Waals surface area contributed by atoms with E-state index in [0.29, 0.717) is 35.4 Å². The molecule has 1 aliphatic carbocycles. The molecule has 33 heavy (non-hydrogen) atoms. The number of para-hydroxylation sites is 1. The molecule has 1 unspecified atom stereocenters. The largest absolute Gasteiger partial charge is 0.337 e. The Morgan fingerprint density at radius 3 is 2.58 bits per heavy atom. The zero-order valence-corrected chi connectivity index (χ0v) is 19.8. The minimum atomic E-state index is -0.789. The molecular weight excluding hydrogens is 432 g/mol. The molecule has 1 aliphatic rings. The van der Waals surface area contributed by atoms with Gasteiger partial charge in [-0.05, 0) is 44.4 Å². The maximum atomic E-state index is 13.4. The topological polar surface area (TPSA) is 87.8 Å². The molecule has 1 atom stereocenters. The number of carbonyl (C=O) groups excluding carboxylic acids is 1. The van der Waals surface area contributed by atoms with Gasteiger partial charge in [-0.2, -0.15) is 5.26 Å². The van der Waals surface area contributed by atoms with Gasteiger partial charge >= 0.3 is 0 Å². The summed E-state index contributed by atoms with van der Waals surface area (Å²) in [6.45, 7) is 4.19. The summed E-state index contributed by atoms with van der Waals surface area (Å²) in [6, 6.07) is 17.6. The van der Waals surface area contributed by atoms with Gasteiger partial charge in [0.05, 0.1) is 28.8 Å². The second kappa shape index (κ2) is 9.80. The smallest absolute Gasteiger partial charge is 0.262 e. The number of aryl methyl sites for hydroxylation is 1. The van der Waals surface area contributed by atoms with Gasteiger partial charge in [0.1, 0.15) is 5.54 Å². The van der Waals surface area contributed by atoms with Crippen LogP contribution < -0.4 is 10.9 Å². The maximum absolute atomic E-state index is 13.4. The van der Waals surface area contributed by atoms with Gasteiger partial charge in [0.25, 0.3) is 5.56 Å². The molecule has 0 spiro atoms. The van der Waals surface area contributed by atoms with Crippen molar-refractivity contribution in [3.63, 3.8) is 0 Å². The molecule has 1 heterocycles. The third-order valence-corrected chi connectivity index (χ3v) is 7.31. The van der Waals surface area contributed by atoms with E-state index in [0.717, 1.165) is 30.4 Å². The molecule has 3 aromatic rings. The molecule has 170 valence electrons. The Bertz CT molecular complexity index is 1250. The molecule has 1 N–H and O–H groups in total. The van der Waals surface area contributed by atoms with Crippen molar-refractivity contribution in [3.8, 4) is 6.07 Å². The Hall–Kier alpha value is -3.11. The van der Waals surface area contributed by atoms with Gasteiger partial charge in [-0.1, -0.05) is 73.0 Å². The van der Waals surface area contributed by atoms with Crippen LogP contribution in [0.5, 0.6) is 0 Å². The van der Waals surface area contributed by atoms with Crippen LogP contribution in [0, 0.1) is 18.3 Å². The molecule has 6 nitrogen and oxygen atoms in total. The predicted molar refractivity (Wildman–Crippen MR) is 131 cm³/mol. The lowest BCUT2D eigenvalue weighted by Crippen LogP contribution is -2.51. The number of benzene rings is 2. The highest BCUT2D eigenvalue weighted by Crippen LogP contribution is 2.29. The number of nitrogens with zero attached hydrogens (tertiary/aromatic N) is 3. The third-order valence-electron chi connectivity index (χ3n) is 6.22. The Balaban J connectivity index is 1.64. The van der Waals surface area contributed by atoms with Gasteiger partial charge < -0.3 is 5.32 Å². The highest BCUT2D eigenvalue weighted by molar-refractivity contribution is 8.00. The summed E-state index contributed by atoms with van der Waals surface area (Å²) in [5, 5.41) is 13.3. The summed E-state index contributed by atoms with van der Waals surface area (Å²) in [4.78, 5) is 31.1. The lowest BCUT2D eigenvalue weighted by atomic mass is 9.83. The van der Waals surface area contributed by atoms with Crippen LogP contribution >= 0.6 is 11.8 Å². The van der Waals surface area contributed by atoms with Crippen molar-refractivity contribution in [2.24, 2.45) is 0 Å². The van der Waals surface area contributed by atoms with Crippen LogP contribution in [0.2, 0.25) is 0 Å². The van der Waals surface area contributed by atoms with Crippen molar-refractivity contribution < 1.29 is 4.79 Å². The van der Waals surface area contributed by atoms with Crippen molar-refractivity contribution in [2.45, 2.75) is 68.4 Å². The maximum Gasteiger partial charge on any atom is 0.262 e. The van der Waals surface area contributed by atoms with E-state index in [2.05, 4.69) is 11.4 Å². The molecule has 0 bridgehead atoms. The van der Waals surface area contributed by atoms with E-state index in [9.17, 15) is 14.9 Å². The normalized spacial score (nSPS) is 16.2. The van der Waals surface area contributed by atoms with Gasteiger partial charge in [-0.3, -0.25) is 14.2 Å². The number of aromatic nitrogens is 2. The molecule has 1 aromatic heterocycles. The number of nitriles is 1. The Labute approximate surface area is 198 Å². The van der Waals surface area contributed by atoms with Crippen LogP contribution in [-0.2, 0) is 11.3 Å². The summed E-state index contributed by atoms with van der Waals surface area (Å²) in [5.41, 5.74) is 1.83. The number of rotatable bonds is 6. The third kappa shape index (κ3) is 5.12. The van der Waals surface area contributed by atoms with Crippen LogP contribution in [-0.4, -0.2) is 26.2 Å². The van der Waals surface area contributed by atoms with Gasteiger partial charge in [-0.15, -0.1) is 0 Å². The Kier molecular flexibility index (Phi) is 6.85.